The molecule has 0 atom stereocenters. The SMILES string of the molecule is Fc1ccc(Br)c(CNCCCN2CCCC2)c1. The van der Waals surface area contributed by atoms with Gasteiger partial charge < -0.3 is 10.2 Å². The van der Waals surface area contributed by atoms with E-state index in [9.17, 15) is 4.39 Å². The first-order valence-electron chi connectivity index (χ1n) is 6.63. The molecule has 1 saturated heterocycles. The van der Waals surface area contributed by atoms with Gasteiger partial charge in [-0.05, 0) is 69.2 Å². The Bertz CT molecular complexity index is 378. The first kappa shape index (κ1) is 14.0. The highest BCUT2D eigenvalue weighted by Gasteiger charge is 2.10. The summed E-state index contributed by atoms with van der Waals surface area (Å²) in [5.74, 6) is -0.174. The van der Waals surface area contributed by atoms with Gasteiger partial charge in [0.1, 0.15) is 5.82 Å². The Morgan fingerprint density at radius 3 is 2.83 bits per heavy atom. The second-order valence-corrected chi connectivity index (χ2v) is 5.67. The molecule has 1 N–H and O–H groups in total. The van der Waals surface area contributed by atoms with E-state index in [1.807, 2.05) is 0 Å². The van der Waals surface area contributed by atoms with Crippen LogP contribution in [0.4, 0.5) is 4.39 Å². The van der Waals surface area contributed by atoms with Crippen molar-refractivity contribution in [1.82, 2.24) is 10.2 Å². The van der Waals surface area contributed by atoms with Crippen molar-refractivity contribution in [3.05, 3.63) is 34.1 Å². The molecule has 1 heterocycles. The van der Waals surface area contributed by atoms with Crippen molar-refractivity contribution in [3.63, 3.8) is 0 Å². The van der Waals surface area contributed by atoms with Crippen LogP contribution in [0.3, 0.4) is 0 Å². The predicted octanol–water partition coefficient (Wildman–Crippen LogP) is 3.16. The van der Waals surface area contributed by atoms with Crippen LogP contribution in [0.5, 0.6) is 0 Å². The van der Waals surface area contributed by atoms with Crippen LogP contribution in [-0.4, -0.2) is 31.1 Å². The van der Waals surface area contributed by atoms with Gasteiger partial charge >= 0.3 is 0 Å². The van der Waals surface area contributed by atoms with Crippen LogP contribution in [0, 0.1) is 5.82 Å². The fraction of sp³-hybridized carbons (Fsp3) is 0.571. The molecule has 0 bridgehead atoms. The molecule has 0 spiro atoms. The zero-order valence-electron chi connectivity index (χ0n) is 10.6. The Labute approximate surface area is 117 Å². The van der Waals surface area contributed by atoms with E-state index in [4.69, 9.17) is 0 Å². The standard InChI is InChI=1S/C14H20BrFN2/c15-14-5-4-13(16)10-12(14)11-17-6-3-9-18-7-1-2-8-18/h4-5,10,17H,1-3,6-9,11H2. The van der Waals surface area contributed by atoms with E-state index < -0.39 is 0 Å². The average molecular weight is 315 g/mol. The summed E-state index contributed by atoms with van der Waals surface area (Å²) in [4.78, 5) is 2.51. The van der Waals surface area contributed by atoms with Gasteiger partial charge in [-0.2, -0.15) is 0 Å². The smallest absolute Gasteiger partial charge is 0.123 e. The fourth-order valence-corrected chi connectivity index (χ4v) is 2.72. The third-order valence-electron chi connectivity index (χ3n) is 3.35. The highest BCUT2D eigenvalue weighted by molar-refractivity contribution is 9.10. The van der Waals surface area contributed by atoms with Gasteiger partial charge in [0.15, 0.2) is 0 Å². The summed E-state index contributed by atoms with van der Waals surface area (Å²) in [5.41, 5.74) is 0.983. The van der Waals surface area contributed by atoms with Gasteiger partial charge in [0.2, 0.25) is 0 Å². The van der Waals surface area contributed by atoms with E-state index >= 15 is 0 Å². The molecule has 1 aromatic carbocycles. The molecule has 1 aliphatic rings. The largest absolute Gasteiger partial charge is 0.313 e. The minimum absolute atomic E-state index is 0.174. The quantitative estimate of drug-likeness (QED) is 0.811. The van der Waals surface area contributed by atoms with Crippen LogP contribution in [0.25, 0.3) is 0 Å². The maximum atomic E-state index is 13.1. The molecule has 18 heavy (non-hydrogen) atoms. The molecule has 0 radical (unpaired) electrons. The van der Waals surface area contributed by atoms with Crippen molar-refractivity contribution in [2.75, 3.05) is 26.2 Å². The van der Waals surface area contributed by atoms with Gasteiger partial charge in [-0.1, -0.05) is 15.9 Å². The number of nitrogens with one attached hydrogen (secondary N) is 1. The lowest BCUT2D eigenvalue weighted by atomic mass is 10.2. The minimum atomic E-state index is -0.174. The first-order chi connectivity index (χ1) is 8.75. The third kappa shape index (κ3) is 4.34. The van der Waals surface area contributed by atoms with Crippen molar-refractivity contribution in [2.24, 2.45) is 0 Å². The molecular weight excluding hydrogens is 295 g/mol. The highest BCUT2D eigenvalue weighted by atomic mass is 79.9. The zero-order chi connectivity index (χ0) is 12.8. The number of halogens is 2. The summed E-state index contributed by atoms with van der Waals surface area (Å²) in [6, 6.07) is 4.81. The lowest BCUT2D eigenvalue weighted by Gasteiger charge is -2.14. The normalized spacial score (nSPS) is 16.3. The molecule has 1 fully saturated rings. The van der Waals surface area contributed by atoms with Crippen LogP contribution in [0.15, 0.2) is 22.7 Å². The molecule has 0 aromatic heterocycles. The van der Waals surface area contributed by atoms with E-state index in [0.29, 0.717) is 0 Å². The first-order valence-corrected chi connectivity index (χ1v) is 7.42. The summed E-state index contributed by atoms with van der Waals surface area (Å²) in [7, 11) is 0. The molecule has 1 aliphatic heterocycles. The number of hydrogen-bond acceptors (Lipinski definition) is 2. The van der Waals surface area contributed by atoms with Crippen LogP contribution in [0.2, 0.25) is 0 Å². The van der Waals surface area contributed by atoms with Crippen molar-refractivity contribution >= 4 is 15.9 Å². The zero-order valence-corrected chi connectivity index (χ0v) is 12.2. The molecule has 0 aliphatic carbocycles. The van der Waals surface area contributed by atoms with Gasteiger partial charge in [0, 0.05) is 11.0 Å². The predicted molar refractivity (Wildman–Crippen MR) is 76.1 cm³/mol. The highest BCUT2D eigenvalue weighted by Crippen LogP contribution is 2.17. The van der Waals surface area contributed by atoms with Gasteiger partial charge in [0.25, 0.3) is 0 Å². The Hall–Kier alpha value is -0.450. The van der Waals surface area contributed by atoms with Gasteiger partial charge in [-0.25, -0.2) is 4.39 Å². The summed E-state index contributed by atoms with van der Waals surface area (Å²) >= 11 is 3.44. The number of likely N-dealkylation sites (tertiary alicyclic amines) is 1. The van der Waals surface area contributed by atoms with Crippen LogP contribution >= 0.6 is 15.9 Å². The van der Waals surface area contributed by atoms with E-state index in [-0.39, 0.29) is 5.82 Å². The van der Waals surface area contributed by atoms with Crippen molar-refractivity contribution in [2.45, 2.75) is 25.8 Å². The van der Waals surface area contributed by atoms with Crippen LogP contribution < -0.4 is 5.32 Å². The molecule has 2 rings (SSSR count). The average Bonchev–Trinajstić information content (AvgIpc) is 2.86. The molecule has 0 saturated carbocycles. The van der Waals surface area contributed by atoms with Crippen LogP contribution in [0.1, 0.15) is 24.8 Å². The van der Waals surface area contributed by atoms with Gasteiger partial charge in [-0.15, -0.1) is 0 Å². The van der Waals surface area contributed by atoms with E-state index in [2.05, 4.69) is 26.1 Å². The van der Waals surface area contributed by atoms with Gasteiger partial charge in [-0.3, -0.25) is 0 Å². The maximum Gasteiger partial charge on any atom is 0.123 e. The summed E-state index contributed by atoms with van der Waals surface area (Å²) in [6.07, 6.45) is 3.86. The second kappa shape index (κ2) is 7.22. The monoisotopic (exact) mass is 314 g/mol. The van der Waals surface area contributed by atoms with E-state index in [1.165, 1.54) is 38.5 Å². The molecular formula is C14H20BrFN2. The number of hydrogen-bond donors (Lipinski definition) is 1. The topological polar surface area (TPSA) is 15.3 Å². The minimum Gasteiger partial charge on any atom is -0.313 e. The number of nitrogens with zero attached hydrogens (tertiary/aromatic N) is 1. The van der Waals surface area contributed by atoms with E-state index in [0.717, 1.165) is 29.5 Å². The molecule has 2 nitrogen and oxygen atoms in total. The Morgan fingerprint density at radius 2 is 2.06 bits per heavy atom. The van der Waals surface area contributed by atoms with Crippen molar-refractivity contribution in [3.8, 4) is 0 Å². The number of rotatable bonds is 6. The van der Waals surface area contributed by atoms with E-state index in [1.54, 1.807) is 12.1 Å². The Morgan fingerprint density at radius 1 is 1.28 bits per heavy atom. The molecule has 0 unspecified atom stereocenters. The van der Waals surface area contributed by atoms with Crippen molar-refractivity contribution in [1.29, 1.82) is 0 Å². The summed E-state index contributed by atoms with van der Waals surface area (Å²) < 4.78 is 14.0. The lowest BCUT2D eigenvalue weighted by Crippen LogP contribution is -2.24. The van der Waals surface area contributed by atoms with Crippen LogP contribution in [-0.2, 0) is 6.54 Å². The Balaban J connectivity index is 1.64. The molecule has 1 aromatic rings. The maximum absolute atomic E-state index is 13.1. The van der Waals surface area contributed by atoms with Gasteiger partial charge in [0.05, 0.1) is 0 Å². The second-order valence-electron chi connectivity index (χ2n) is 4.81. The molecule has 100 valence electrons. The molecule has 4 heteroatoms. The lowest BCUT2D eigenvalue weighted by molar-refractivity contribution is 0.331. The molecule has 0 amide bonds. The Kier molecular flexibility index (Phi) is 5.60. The summed E-state index contributed by atoms with van der Waals surface area (Å²) in [6.45, 7) is 5.40. The third-order valence-corrected chi connectivity index (χ3v) is 4.12. The summed E-state index contributed by atoms with van der Waals surface area (Å²) in [5, 5.41) is 3.37. The number of benzene rings is 1. The van der Waals surface area contributed by atoms with Crippen molar-refractivity contribution < 1.29 is 4.39 Å². The fourth-order valence-electron chi connectivity index (χ4n) is 2.34.